The van der Waals surface area contributed by atoms with Crippen LogP contribution >= 0.6 is 23.2 Å². The Hall–Kier alpha value is -3.55. The van der Waals surface area contributed by atoms with Gasteiger partial charge in [0.25, 0.3) is 11.5 Å². The number of rotatable bonds is 7. The van der Waals surface area contributed by atoms with Crippen LogP contribution in [-0.2, 0) is 9.53 Å². The van der Waals surface area contributed by atoms with Crippen LogP contribution < -0.4 is 21.0 Å². The minimum atomic E-state index is -1.05. The summed E-state index contributed by atoms with van der Waals surface area (Å²) in [6.45, 7) is 5.33. The Kier molecular flexibility index (Phi) is 8.63. The Morgan fingerprint density at radius 3 is 2.47 bits per heavy atom. The standard InChI is InChI=1S/C20H19Cl2N5O5/c1-4-31-20(30)24-19(29)16(9-23)26-25-12-7-14(21)18(15(22)8-12)32-13-5-6-17(28)27(10-13)11(2)3/h5-8,10-11,25H,4H2,1-3H3,(H,24,29,30)/b26-16+. The van der Waals surface area contributed by atoms with Crippen LogP contribution in [0, 0.1) is 11.3 Å². The van der Waals surface area contributed by atoms with E-state index in [-0.39, 0.29) is 39.7 Å². The Bertz CT molecular complexity index is 1130. The number of benzene rings is 1. The number of hydrogen-bond acceptors (Lipinski definition) is 8. The minimum Gasteiger partial charge on any atom is -0.453 e. The number of aromatic nitrogens is 1. The monoisotopic (exact) mass is 479 g/mol. The molecule has 1 aromatic heterocycles. The summed E-state index contributed by atoms with van der Waals surface area (Å²) >= 11 is 12.5. The van der Waals surface area contributed by atoms with Gasteiger partial charge < -0.3 is 14.0 Å². The van der Waals surface area contributed by atoms with Crippen LogP contribution in [0.25, 0.3) is 0 Å². The normalized spacial score (nSPS) is 11.0. The lowest BCUT2D eigenvalue weighted by Gasteiger charge is -2.14. The summed E-state index contributed by atoms with van der Waals surface area (Å²) in [5.41, 5.74) is 1.91. The van der Waals surface area contributed by atoms with Gasteiger partial charge in [-0.1, -0.05) is 23.2 Å². The van der Waals surface area contributed by atoms with E-state index < -0.39 is 17.7 Å². The van der Waals surface area contributed by atoms with E-state index in [0.29, 0.717) is 5.75 Å². The number of hydrazone groups is 1. The first-order valence-corrected chi connectivity index (χ1v) is 10.0. The molecule has 2 rings (SSSR count). The predicted molar refractivity (Wildman–Crippen MR) is 119 cm³/mol. The molecule has 0 spiro atoms. The molecule has 0 fully saturated rings. The van der Waals surface area contributed by atoms with Crippen molar-refractivity contribution >= 4 is 46.6 Å². The first kappa shape index (κ1) is 24.7. The highest BCUT2D eigenvalue weighted by Crippen LogP contribution is 2.38. The number of imide groups is 1. The topological polar surface area (TPSA) is 135 Å². The largest absolute Gasteiger partial charge is 0.453 e. The van der Waals surface area contributed by atoms with Gasteiger partial charge in [0, 0.05) is 12.1 Å². The molecule has 1 heterocycles. The Balaban J connectivity index is 2.20. The smallest absolute Gasteiger partial charge is 0.414 e. The van der Waals surface area contributed by atoms with Gasteiger partial charge in [-0.3, -0.25) is 20.3 Å². The summed E-state index contributed by atoms with van der Waals surface area (Å²) < 4.78 is 11.8. The van der Waals surface area contributed by atoms with Crippen LogP contribution in [0.3, 0.4) is 0 Å². The van der Waals surface area contributed by atoms with Crippen LogP contribution in [0.2, 0.25) is 10.0 Å². The fraction of sp³-hybridized carbons (Fsp3) is 0.250. The van der Waals surface area contributed by atoms with E-state index in [1.54, 1.807) is 13.0 Å². The van der Waals surface area contributed by atoms with Gasteiger partial charge in [-0.2, -0.15) is 10.4 Å². The maximum atomic E-state index is 11.9. The molecule has 12 heteroatoms. The number of carbonyl (C=O) groups excluding carboxylic acids is 2. The van der Waals surface area contributed by atoms with E-state index in [9.17, 15) is 14.4 Å². The summed E-state index contributed by atoms with van der Waals surface area (Å²) in [7, 11) is 0. The second-order valence-corrected chi connectivity index (χ2v) is 7.25. The molecule has 0 bridgehead atoms. The van der Waals surface area contributed by atoms with Gasteiger partial charge in [0.2, 0.25) is 5.71 Å². The summed E-state index contributed by atoms with van der Waals surface area (Å²) in [5, 5.41) is 14.8. The maximum Gasteiger partial charge on any atom is 0.414 e. The number of alkyl carbamates (subject to hydrolysis) is 1. The minimum absolute atomic E-state index is 0.0559. The molecular formula is C20H19Cl2N5O5. The lowest BCUT2D eigenvalue weighted by atomic mass is 10.3. The van der Waals surface area contributed by atoms with Crippen molar-refractivity contribution in [1.82, 2.24) is 9.88 Å². The number of ether oxygens (including phenoxy) is 2. The Morgan fingerprint density at radius 2 is 1.91 bits per heavy atom. The van der Waals surface area contributed by atoms with E-state index in [4.69, 9.17) is 33.2 Å². The van der Waals surface area contributed by atoms with Crippen LogP contribution in [0.4, 0.5) is 10.5 Å². The number of carbonyl (C=O) groups is 2. The van der Waals surface area contributed by atoms with Crippen molar-refractivity contribution in [3.63, 3.8) is 0 Å². The van der Waals surface area contributed by atoms with Crippen LogP contribution in [0.1, 0.15) is 26.8 Å². The predicted octanol–water partition coefficient (Wildman–Crippen LogP) is 4.09. The molecule has 10 nitrogen and oxygen atoms in total. The average Bonchev–Trinajstić information content (AvgIpc) is 2.72. The molecule has 0 aliphatic rings. The maximum absolute atomic E-state index is 11.9. The molecule has 0 saturated heterocycles. The van der Waals surface area contributed by atoms with E-state index >= 15 is 0 Å². The Labute approximate surface area is 193 Å². The first-order chi connectivity index (χ1) is 15.2. The van der Waals surface area contributed by atoms with E-state index in [1.165, 1.54) is 35.0 Å². The number of amides is 2. The highest BCUT2D eigenvalue weighted by Gasteiger charge is 2.16. The Morgan fingerprint density at radius 1 is 1.25 bits per heavy atom. The fourth-order valence-electron chi connectivity index (χ4n) is 2.35. The van der Waals surface area contributed by atoms with Gasteiger partial charge in [0.05, 0.1) is 28.5 Å². The third kappa shape index (κ3) is 6.47. The second-order valence-electron chi connectivity index (χ2n) is 6.43. The number of anilines is 1. The van der Waals surface area contributed by atoms with Gasteiger partial charge in [-0.05, 0) is 39.0 Å². The van der Waals surface area contributed by atoms with Crippen molar-refractivity contribution in [3.8, 4) is 17.6 Å². The number of pyridine rings is 1. The van der Waals surface area contributed by atoms with Crippen molar-refractivity contribution in [2.45, 2.75) is 26.8 Å². The molecule has 0 saturated carbocycles. The van der Waals surface area contributed by atoms with Crippen molar-refractivity contribution in [3.05, 3.63) is 50.9 Å². The van der Waals surface area contributed by atoms with Crippen LogP contribution in [0.15, 0.2) is 40.4 Å². The van der Waals surface area contributed by atoms with E-state index in [2.05, 4.69) is 15.3 Å². The zero-order valence-electron chi connectivity index (χ0n) is 17.3. The molecule has 2 aromatic rings. The summed E-state index contributed by atoms with van der Waals surface area (Å²) in [5.74, 6) is -0.559. The molecule has 1 aromatic carbocycles. The number of hydrogen-bond donors (Lipinski definition) is 2. The molecule has 32 heavy (non-hydrogen) atoms. The average molecular weight is 480 g/mol. The number of nitrogens with zero attached hydrogens (tertiary/aromatic N) is 3. The molecule has 0 radical (unpaired) electrons. The van der Waals surface area contributed by atoms with Gasteiger partial charge in [0.15, 0.2) is 5.75 Å². The fourth-order valence-corrected chi connectivity index (χ4v) is 2.92. The molecule has 2 amide bonds. The number of halogens is 2. The SMILES string of the molecule is CCOC(=O)NC(=O)/C(C#N)=N/Nc1cc(Cl)c(Oc2ccc(=O)n(C(C)C)c2)c(Cl)c1. The lowest BCUT2D eigenvalue weighted by Crippen LogP contribution is -2.36. The number of nitriles is 1. The van der Waals surface area contributed by atoms with Gasteiger partial charge >= 0.3 is 6.09 Å². The molecule has 0 aliphatic heterocycles. The van der Waals surface area contributed by atoms with E-state index in [0.717, 1.165) is 0 Å². The summed E-state index contributed by atoms with van der Waals surface area (Å²) in [4.78, 5) is 35.1. The molecule has 0 aliphatic carbocycles. The highest BCUT2D eigenvalue weighted by atomic mass is 35.5. The molecule has 0 atom stereocenters. The summed E-state index contributed by atoms with van der Waals surface area (Å²) in [6.07, 6.45) is 0.536. The number of nitrogens with one attached hydrogen (secondary N) is 2. The lowest BCUT2D eigenvalue weighted by molar-refractivity contribution is -0.114. The van der Waals surface area contributed by atoms with Crippen LogP contribution in [0.5, 0.6) is 11.5 Å². The molecular weight excluding hydrogens is 461 g/mol. The van der Waals surface area contributed by atoms with Gasteiger partial charge in [-0.25, -0.2) is 4.79 Å². The zero-order chi connectivity index (χ0) is 23.8. The second kappa shape index (κ2) is 11.2. The van der Waals surface area contributed by atoms with Gasteiger partial charge in [-0.15, -0.1) is 0 Å². The van der Waals surface area contributed by atoms with Crippen LogP contribution in [-0.4, -0.2) is 28.9 Å². The van der Waals surface area contributed by atoms with Gasteiger partial charge in [0.1, 0.15) is 11.8 Å². The zero-order valence-corrected chi connectivity index (χ0v) is 18.8. The third-order valence-corrected chi connectivity index (χ3v) is 4.36. The molecule has 2 N–H and O–H groups in total. The quantitative estimate of drug-likeness (QED) is 0.450. The molecule has 168 valence electrons. The first-order valence-electron chi connectivity index (χ1n) is 9.27. The highest BCUT2D eigenvalue weighted by molar-refractivity contribution is 6.47. The van der Waals surface area contributed by atoms with Crippen molar-refractivity contribution < 1.29 is 19.1 Å². The third-order valence-electron chi connectivity index (χ3n) is 3.79. The van der Waals surface area contributed by atoms with Crippen molar-refractivity contribution in [2.75, 3.05) is 12.0 Å². The summed E-state index contributed by atoms with van der Waals surface area (Å²) in [6, 6.07) is 7.16. The van der Waals surface area contributed by atoms with Crippen molar-refractivity contribution in [1.29, 1.82) is 5.26 Å². The van der Waals surface area contributed by atoms with Crippen molar-refractivity contribution in [2.24, 2.45) is 5.10 Å². The van der Waals surface area contributed by atoms with E-state index in [1.807, 2.05) is 19.2 Å². The molecule has 0 unspecified atom stereocenters.